The summed E-state index contributed by atoms with van der Waals surface area (Å²) in [6, 6.07) is 9.55. The van der Waals surface area contributed by atoms with Crippen LogP contribution in [0.5, 0.6) is 5.75 Å². The minimum atomic E-state index is -0.331. The number of amides is 1. The molecule has 1 amide bonds. The van der Waals surface area contributed by atoms with E-state index in [1.165, 1.54) is 24.3 Å². The van der Waals surface area contributed by atoms with Crippen molar-refractivity contribution in [2.75, 3.05) is 37.7 Å². The van der Waals surface area contributed by atoms with Crippen LogP contribution in [0.2, 0.25) is 5.02 Å². The van der Waals surface area contributed by atoms with E-state index in [1.54, 1.807) is 16.2 Å². The van der Waals surface area contributed by atoms with Gasteiger partial charge in [0.15, 0.2) is 11.7 Å². The molecule has 2 heterocycles. The summed E-state index contributed by atoms with van der Waals surface area (Å²) in [5.74, 6) is 0.0786. The van der Waals surface area contributed by atoms with Crippen molar-refractivity contribution >= 4 is 44.2 Å². The Morgan fingerprint density at radius 3 is 2.61 bits per heavy atom. The Morgan fingerprint density at radius 2 is 1.89 bits per heavy atom. The van der Waals surface area contributed by atoms with Gasteiger partial charge in [-0.05, 0) is 48.9 Å². The zero-order valence-electron chi connectivity index (χ0n) is 15.3. The quantitative estimate of drug-likeness (QED) is 0.638. The summed E-state index contributed by atoms with van der Waals surface area (Å²) in [6.07, 6.45) is 0. The normalized spacial score (nSPS) is 14.5. The summed E-state index contributed by atoms with van der Waals surface area (Å²) >= 11 is 7.84. The lowest BCUT2D eigenvalue weighted by atomic mass is 10.2. The maximum absolute atomic E-state index is 12.9. The Morgan fingerprint density at radius 1 is 1.18 bits per heavy atom. The lowest BCUT2D eigenvalue weighted by Gasteiger charge is -2.34. The van der Waals surface area contributed by atoms with Crippen molar-refractivity contribution in [2.45, 2.75) is 6.92 Å². The number of aryl methyl sites for hydroxylation is 1. The number of anilines is 1. The Kier molecular flexibility index (Phi) is 5.37. The maximum atomic E-state index is 12.9. The van der Waals surface area contributed by atoms with Crippen molar-refractivity contribution < 1.29 is 13.9 Å². The van der Waals surface area contributed by atoms with Crippen molar-refractivity contribution in [2.24, 2.45) is 0 Å². The molecule has 1 saturated heterocycles. The van der Waals surface area contributed by atoms with Crippen LogP contribution >= 0.6 is 22.9 Å². The second kappa shape index (κ2) is 7.93. The fraction of sp³-hybridized carbons (Fsp3) is 0.300. The number of aromatic nitrogens is 1. The minimum absolute atomic E-state index is 0.0511. The van der Waals surface area contributed by atoms with E-state index in [9.17, 15) is 9.18 Å². The first kappa shape index (κ1) is 19.0. The number of benzene rings is 2. The van der Waals surface area contributed by atoms with Gasteiger partial charge in [-0.1, -0.05) is 22.9 Å². The topological polar surface area (TPSA) is 45.7 Å². The summed E-state index contributed by atoms with van der Waals surface area (Å²) in [6.45, 7) is 4.59. The minimum Gasteiger partial charge on any atom is -0.484 e. The van der Waals surface area contributed by atoms with E-state index < -0.39 is 0 Å². The highest BCUT2D eigenvalue weighted by molar-refractivity contribution is 7.22. The molecular weight excluding hydrogens is 401 g/mol. The third-order valence-electron chi connectivity index (χ3n) is 4.82. The third-order valence-corrected chi connectivity index (χ3v) is 6.31. The fourth-order valence-corrected chi connectivity index (χ4v) is 4.37. The monoisotopic (exact) mass is 419 g/mol. The zero-order chi connectivity index (χ0) is 19.7. The lowest BCUT2D eigenvalue weighted by Crippen LogP contribution is -2.50. The van der Waals surface area contributed by atoms with Gasteiger partial charge in [0.25, 0.3) is 5.91 Å². The highest BCUT2D eigenvalue weighted by atomic mass is 35.5. The number of halogens is 2. The van der Waals surface area contributed by atoms with E-state index in [0.29, 0.717) is 18.8 Å². The molecule has 1 fully saturated rings. The number of hydrogen-bond donors (Lipinski definition) is 0. The summed E-state index contributed by atoms with van der Waals surface area (Å²) in [4.78, 5) is 21.1. The molecule has 0 bridgehead atoms. The van der Waals surface area contributed by atoms with E-state index in [0.717, 1.165) is 39.0 Å². The Labute approximate surface area is 171 Å². The number of ether oxygens (including phenoxy) is 1. The summed E-state index contributed by atoms with van der Waals surface area (Å²) in [5, 5.41) is 1.68. The number of fused-ring (bicyclic) bond motifs is 1. The van der Waals surface area contributed by atoms with Crippen molar-refractivity contribution in [1.29, 1.82) is 0 Å². The van der Waals surface area contributed by atoms with Crippen LogP contribution in [0.3, 0.4) is 0 Å². The molecular formula is C20H19ClFN3O2S. The zero-order valence-corrected chi connectivity index (χ0v) is 16.9. The summed E-state index contributed by atoms with van der Waals surface area (Å²) in [5.41, 5.74) is 1.94. The molecule has 0 atom stereocenters. The molecule has 0 radical (unpaired) electrons. The lowest BCUT2D eigenvalue weighted by molar-refractivity contribution is -0.133. The van der Waals surface area contributed by atoms with Gasteiger partial charge in [0.05, 0.1) is 10.2 Å². The molecule has 8 heteroatoms. The Hall–Kier alpha value is -2.38. The maximum Gasteiger partial charge on any atom is 0.260 e. The van der Waals surface area contributed by atoms with Gasteiger partial charge in [-0.25, -0.2) is 9.37 Å². The number of piperazine rings is 1. The van der Waals surface area contributed by atoms with Crippen LogP contribution in [0.4, 0.5) is 9.52 Å². The van der Waals surface area contributed by atoms with Crippen LogP contribution in [-0.2, 0) is 4.79 Å². The van der Waals surface area contributed by atoms with E-state index in [1.807, 2.05) is 19.1 Å². The largest absolute Gasteiger partial charge is 0.484 e. The first-order valence-corrected chi connectivity index (χ1v) is 10.2. The molecule has 28 heavy (non-hydrogen) atoms. The van der Waals surface area contributed by atoms with Crippen LogP contribution in [0.1, 0.15) is 5.56 Å². The van der Waals surface area contributed by atoms with Crippen LogP contribution in [0, 0.1) is 12.7 Å². The van der Waals surface area contributed by atoms with Gasteiger partial charge in [0.2, 0.25) is 0 Å². The van der Waals surface area contributed by atoms with E-state index in [-0.39, 0.29) is 18.3 Å². The molecule has 5 nitrogen and oxygen atoms in total. The molecule has 0 saturated carbocycles. The Bertz CT molecular complexity index is 1000. The van der Waals surface area contributed by atoms with E-state index >= 15 is 0 Å². The van der Waals surface area contributed by atoms with Gasteiger partial charge in [0, 0.05) is 31.2 Å². The first-order valence-electron chi connectivity index (χ1n) is 8.98. The molecule has 0 spiro atoms. The first-order chi connectivity index (χ1) is 13.5. The summed E-state index contributed by atoms with van der Waals surface area (Å²) in [7, 11) is 0. The second-order valence-electron chi connectivity index (χ2n) is 6.63. The van der Waals surface area contributed by atoms with Crippen molar-refractivity contribution in [1.82, 2.24) is 9.88 Å². The van der Waals surface area contributed by atoms with E-state index in [4.69, 9.17) is 21.3 Å². The molecule has 0 N–H and O–H groups in total. The van der Waals surface area contributed by atoms with Gasteiger partial charge in [-0.3, -0.25) is 4.79 Å². The molecule has 4 rings (SSSR count). The van der Waals surface area contributed by atoms with Gasteiger partial charge in [-0.15, -0.1) is 0 Å². The molecule has 3 aromatic rings. The van der Waals surface area contributed by atoms with Gasteiger partial charge in [0.1, 0.15) is 11.6 Å². The average molecular weight is 420 g/mol. The highest BCUT2D eigenvalue weighted by Gasteiger charge is 2.23. The van der Waals surface area contributed by atoms with Crippen molar-refractivity contribution in [3.8, 4) is 5.75 Å². The van der Waals surface area contributed by atoms with Gasteiger partial charge in [-0.2, -0.15) is 0 Å². The molecule has 146 valence electrons. The molecule has 1 aliphatic rings. The SMILES string of the molecule is Cc1c(Cl)ccc2sc(N3CCN(C(=O)COc4ccc(F)cc4)CC3)nc12. The number of thiazole rings is 1. The smallest absolute Gasteiger partial charge is 0.260 e. The van der Waals surface area contributed by atoms with Gasteiger partial charge < -0.3 is 14.5 Å². The third kappa shape index (κ3) is 3.91. The number of carbonyl (C=O) groups excluding carboxylic acids is 1. The second-order valence-corrected chi connectivity index (χ2v) is 8.04. The van der Waals surface area contributed by atoms with Crippen LogP contribution in [-0.4, -0.2) is 48.6 Å². The van der Waals surface area contributed by atoms with Crippen LogP contribution in [0.25, 0.3) is 10.2 Å². The molecule has 1 aromatic heterocycles. The summed E-state index contributed by atoms with van der Waals surface area (Å²) < 4.78 is 19.5. The van der Waals surface area contributed by atoms with Gasteiger partial charge >= 0.3 is 0 Å². The molecule has 2 aromatic carbocycles. The molecule has 0 aliphatic carbocycles. The van der Waals surface area contributed by atoms with Crippen molar-refractivity contribution in [3.05, 3.63) is 52.8 Å². The number of nitrogens with zero attached hydrogens (tertiary/aromatic N) is 3. The predicted molar refractivity (Wildman–Crippen MR) is 110 cm³/mol. The highest BCUT2D eigenvalue weighted by Crippen LogP contribution is 2.33. The number of carbonyl (C=O) groups is 1. The number of hydrogen-bond acceptors (Lipinski definition) is 5. The van der Waals surface area contributed by atoms with Crippen LogP contribution < -0.4 is 9.64 Å². The predicted octanol–water partition coefficient (Wildman–Crippen LogP) is 4.12. The van der Waals surface area contributed by atoms with E-state index in [2.05, 4.69) is 4.90 Å². The Balaban J connectivity index is 1.34. The van der Waals surface area contributed by atoms with Crippen molar-refractivity contribution in [3.63, 3.8) is 0 Å². The average Bonchev–Trinajstić information content (AvgIpc) is 3.15. The van der Waals surface area contributed by atoms with Crippen LogP contribution in [0.15, 0.2) is 36.4 Å². The molecule has 1 aliphatic heterocycles. The standard InChI is InChI=1S/C20H19ClFN3O2S/c1-13-16(21)6-7-17-19(13)23-20(28-17)25-10-8-24(9-11-25)18(26)12-27-15-4-2-14(22)3-5-15/h2-7H,8-12H2,1H3. The number of rotatable bonds is 4. The fourth-order valence-electron chi connectivity index (χ4n) is 3.14. The molecule has 0 unspecified atom stereocenters.